The van der Waals surface area contributed by atoms with Crippen molar-refractivity contribution in [1.82, 2.24) is 0 Å². The number of ether oxygens (including phenoxy) is 1. The minimum absolute atomic E-state index is 0.215. The van der Waals surface area contributed by atoms with E-state index in [1.807, 2.05) is 0 Å². The molecule has 2 N–H and O–H groups in total. The van der Waals surface area contributed by atoms with Crippen LogP contribution in [0.2, 0.25) is 0 Å². The number of benzene rings is 1. The average molecular weight is 279 g/mol. The number of methoxy groups -OCH3 is 1. The van der Waals surface area contributed by atoms with Crippen LogP contribution < -0.4 is 4.74 Å². The molecule has 0 heterocycles. The fourth-order valence-electron chi connectivity index (χ4n) is 1.18. The molecular formula is C10H12BrFO3. The van der Waals surface area contributed by atoms with Crippen molar-refractivity contribution in [3.63, 3.8) is 0 Å². The van der Waals surface area contributed by atoms with Crippen molar-refractivity contribution in [2.24, 2.45) is 0 Å². The molecule has 5 heteroatoms. The summed E-state index contributed by atoms with van der Waals surface area (Å²) in [6.45, 7) is 0. The predicted octanol–water partition coefficient (Wildman–Crippen LogP) is 1.62. The molecule has 0 aliphatic heterocycles. The second-order valence-electron chi connectivity index (χ2n) is 3.09. The number of hydrogen-bond acceptors (Lipinski definition) is 3. The van der Waals surface area contributed by atoms with Crippen molar-refractivity contribution >= 4 is 15.9 Å². The van der Waals surface area contributed by atoms with E-state index in [4.69, 9.17) is 4.74 Å². The highest BCUT2D eigenvalue weighted by molar-refractivity contribution is 9.09. The zero-order valence-electron chi connectivity index (χ0n) is 8.15. The van der Waals surface area contributed by atoms with Gasteiger partial charge in [-0.15, -0.1) is 0 Å². The van der Waals surface area contributed by atoms with Crippen LogP contribution in [0.25, 0.3) is 0 Å². The van der Waals surface area contributed by atoms with Gasteiger partial charge in [-0.25, -0.2) is 4.39 Å². The zero-order valence-corrected chi connectivity index (χ0v) is 9.74. The molecule has 0 radical (unpaired) electrons. The summed E-state index contributed by atoms with van der Waals surface area (Å²) in [6, 6.07) is 3.86. The summed E-state index contributed by atoms with van der Waals surface area (Å²) in [7, 11) is 1.41. The van der Waals surface area contributed by atoms with Crippen LogP contribution in [-0.2, 0) is 0 Å². The number of alkyl halides is 1. The Balaban J connectivity index is 2.97. The van der Waals surface area contributed by atoms with E-state index in [-0.39, 0.29) is 5.33 Å². The Kier molecular flexibility index (Phi) is 4.50. The first-order valence-electron chi connectivity index (χ1n) is 4.35. The van der Waals surface area contributed by atoms with Crippen molar-refractivity contribution in [2.75, 3.05) is 12.4 Å². The lowest BCUT2D eigenvalue weighted by Crippen LogP contribution is -2.19. The third-order valence-electron chi connectivity index (χ3n) is 1.99. The van der Waals surface area contributed by atoms with Gasteiger partial charge in [-0.05, 0) is 17.7 Å². The Hall–Kier alpha value is -0.650. The third kappa shape index (κ3) is 3.15. The normalized spacial score (nSPS) is 14.7. The van der Waals surface area contributed by atoms with E-state index in [0.717, 1.165) is 0 Å². The maximum Gasteiger partial charge on any atom is 0.127 e. The molecule has 0 fully saturated rings. The maximum absolute atomic E-state index is 13.1. The summed E-state index contributed by atoms with van der Waals surface area (Å²) in [5.41, 5.74) is 0.291. The van der Waals surface area contributed by atoms with E-state index in [9.17, 15) is 14.6 Å². The number of aliphatic hydroxyl groups excluding tert-OH is 2. The van der Waals surface area contributed by atoms with Gasteiger partial charge < -0.3 is 14.9 Å². The Morgan fingerprint density at radius 1 is 1.40 bits per heavy atom. The molecule has 0 aliphatic carbocycles. The fraction of sp³-hybridized carbons (Fsp3) is 0.400. The maximum atomic E-state index is 13.1. The second kappa shape index (κ2) is 5.44. The molecule has 0 aromatic heterocycles. The van der Waals surface area contributed by atoms with Crippen molar-refractivity contribution in [3.05, 3.63) is 29.6 Å². The Morgan fingerprint density at radius 3 is 2.60 bits per heavy atom. The molecule has 84 valence electrons. The minimum atomic E-state index is -1.13. The average Bonchev–Trinajstić information content (AvgIpc) is 2.26. The molecule has 1 rings (SSSR count). The number of rotatable bonds is 4. The Morgan fingerprint density at radius 2 is 2.07 bits per heavy atom. The first kappa shape index (κ1) is 12.4. The van der Waals surface area contributed by atoms with Crippen LogP contribution in [0.4, 0.5) is 4.39 Å². The molecule has 0 saturated heterocycles. The minimum Gasteiger partial charge on any atom is -0.497 e. The topological polar surface area (TPSA) is 49.7 Å². The molecule has 0 saturated carbocycles. The van der Waals surface area contributed by atoms with Crippen LogP contribution in [0.15, 0.2) is 18.2 Å². The van der Waals surface area contributed by atoms with Gasteiger partial charge in [-0.2, -0.15) is 0 Å². The number of hydrogen-bond donors (Lipinski definition) is 2. The summed E-state index contributed by atoms with van der Waals surface area (Å²) in [4.78, 5) is 0. The second-order valence-corrected chi connectivity index (χ2v) is 3.74. The van der Waals surface area contributed by atoms with E-state index < -0.39 is 18.0 Å². The molecule has 0 spiro atoms. The third-order valence-corrected chi connectivity index (χ3v) is 2.66. The number of halogens is 2. The summed E-state index contributed by atoms with van der Waals surface area (Å²) in [5, 5.41) is 19.2. The molecule has 1 aromatic rings. The molecule has 2 atom stereocenters. The molecule has 1 aromatic carbocycles. The van der Waals surface area contributed by atoms with Gasteiger partial charge in [-0.1, -0.05) is 15.9 Å². The molecular weight excluding hydrogens is 267 g/mol. The highest BCUT2D eigenvalue weighted by Crippen LogP contribution is 2.24. The molecule has 15 heavy (non-hydrogen) atoms. The smallest absolute Gasteiger partial charge is 0.127 e. The van der Waals surface area contributed by atoms with Crippen molar-refractivity contribution in [2.45, 2.75) is 12.2 Å². The van der Waals surface area contributed by atoms with Crippen molar-refractivity contribution < 1.29 is 19.3 Å². The van der Waals surface area contributed by atoms with E-state index in [0.29, 0.717) is 11.3 Å². The fourth-order valence-corrected chi connectivity index (χ4v) is 1.53. The molecule has 2 unspecified atom stereocenters. The van der Waals surface area contributed by atoms with Crippen LogP contribution in [0.3, 0.4) is 0 Å². The summed E-state index contributed by atoms with van der Waals surface area (Å²) < 4.78 is 17.9. The highest BCUT2D eigenvalue weighted by Gasteiger charge is 2.18. The Bertz CT molecular complexity index is 332. The summed E-state index contributed by atoms with van der Waals surface area (Å²) in [6.07, 6.45) is -2.11. The zero-order chi connectivity index (χ0) is 11.4. The van der Waals surface area contributed by atoms with Crippen LogP contribution in [0.1, 0.15) is 11.7 Å². The van der Waals surface area contributed by atoms with Crippen molar-refractivity contribution in [1.29, 1.82) is 0 Å². The summed E-state index contributed by atoms with van der Waals surface area (Å²) in [5.74, 6) is -0.198. The van der Waals surface area contributed by atoms with Gasteiger partial charge in [0.15, 0.2) is 0 Å². The molecule has 0 amide bonds. The van der Waals surface area contributed by atoms with E-state index in [1.54, 1.807) is 0 Å². The monoisotopic (exact) mass is 278 g/mol. The van der Waals surface area contributed by atoms with Crippen LogP contribution in [-0.4, -0.2) is 28.8 Å². The van der Waals surface area contributed by atoms with E-state index >= 15 is 0 Å². The first-order chi connectivity index (χ1) is 7.08. The van der Waals surface area contributed by atoms with Gasteiger partial charge in [0.2, 0.25) is 0 Å². The van der Waals surface area contributed by atoms with Gasteiger partial charge >= 0.3 is 0 Å². The first-order valence-corrected chi connectivity index (χ1v) is 5.47. The van der Waals surface area contributed by atoms with Crippen LogP contribution in [0.5, 0.6) is 5.75 Å². The SMILES string of the molecule is COc1cc(F)cc(C(O)C(O)CBr)c1. The predicted molar refractivity (Wildman–Crippen MR) is 57.7 cm³/mol. The molecule has 3 nitrogen and oxygen atoms in total. The Labute approximate surface area is 95.6 Å². The van der Waals surface area contributed by atoms with Gasteiger partial charge in [0, 0.05) is 11.4 Å². The van der Waals surface area contributed by atoms with Gasteiger partial charge in [0.05, 0.1) is 13.2 Å². The quantitative estimate of drug-likeness (QED) is 0.823. The van der Waals surface area contributed by atoms with Crippen LogP contribution in [0, 0.1) is 5.82 Å². The van der Waals surface area contributed by atoms with Gasteiger partial charge in [0.1, 0.15) is 17.7 Å². The van der Waals surface area contributed by atoms with Crippen molar-refractivity contribution in [3.8, 4) is 5.75 Å². The summed E-state index contributed by atoms with van der Waals surface area (Å²) >= 11 is 3.03. The molecule has 0 bridgehead atoms. The standard InChI is InChI=1S/C10H12BrFO3/c1-15-8-3-6(2-7(12)4-8)10(14)9(13)5-11/h2-4,9-10,13-14H,5H2,1H3. The highest BCUT2D eigenvalue weighted by atomic mass is 79.9. The van der Waals surface area contributed by atoms with E-state index in [2.05, 4.69) is 15.9 Å². The van der Waals surface area contributed by atoms with E-state index in [1.165, 1.54) is 25.3 Å². The van der Waals surface area contributed by atoms with Gasteiger partial charge in [0.25, 0.3) is 0 Å². The number of aliphatic hydroxyl groups is 2. The largest absolute Gasteiger partial charge is 0.497 e. The van der Waals surface area contributed by atoms with Crippen LogP contribution >= 0.6 is 15.9 Å². The van der Waals surface area contributed by atoms with Gasteiger partial charge in [-0.3, -0.25) is 0 Å². The lowest BCUT2D eigenvalue weighted by Gasteiger charge is -2.16. The lowest BCUT2D eigenvalue weighted by atomic mass is 10.1. The molecule has 0 aliphatic rings. The lowest BCUT2D eigenvalue weighted by molar-refractivity contribution is 0.0340.